The second-order valence-corrected chi connectivity index (χ2v) is 5.95. The molecule has 0 spiro atoms. The van der Waals surface area contributed by atoms with Gasteiger partial charge in [0.2, 0.25) is 10.0 Å². The van der Waals surface area contributed by atoms with Crippen molar-refractivity contribution < 1.29 is 17.2 Å². The van der Waals surface area contributed by atoms with Gasteiger partial charge in [0.1, 0.15) is 5.21 Å². The highest BCUT2D eigenvalue weighted by atomic mass is 35.5. The van der Waals surface area contributed by atoms with Gasteiger partial charge in [-0.2, -0.15) is 4.31 Å². The van der Waals surface area contributed by atoms with E-state index in [-0.39, 0.29) is 13.1 Å². The van der Waals surface area contributed by atoms with E-state index in [1.807, 2.05) is 0 Å². The van der Waals surface area contributed by atoms with Gasteiger partial charge in [-0.3, -0.25) is 0 Å². The third-order valence-corrected chi connectivity index (χ3v) is 4.50. The second kappa shape index (κ2) is 5.75. The first kappa shape index (κ1) is 14.3. The first-order valence-electron chi connectivity index (χ1n) is 4.88. The summed E-state index contributed by atoms with van der Waals surface area (Å²) in [6, 6.07) is 3.28. The molecule has 0 radical (unpaired) electrons. The van der Waals surface area contributed by atoms with E-state index in [4.69, 9.17) is 11.6 Å². The van der Waals surface area contributed by atoms with Crippen LogP contribution in [0.2, 0.25) is 0 Å². The van der Waals surface area contributed by atoms with Crippen LogP contribution in [-0.4, -0.2) is 24.5 Å². The molecule has 17 heavy (non-hydrogen) atoms. The lowest BCUT2D eigenvalue weighted by Crippen LogP contribution is -2.31. The molecular formula is C10H12ClF2NO2S. The maximum Gasteiger partial charge on any atom is 0.228 e. The first-order valence-corrected chi connectivity index (χ1v) is 7.02. The minimum absolute atomic E-state index is 0.0250. The molecule has 1 aromatic rings. The Hall–Kier alpha value is -0.720. The van der Waals surface area contributed by atoms with Gasteiger partial charge in [0.05, 0.1) is 0 Å². The maximum atomic E-state index is 12.9. The molecule has 0 aliphatic rings. The van der Waals surface area contributed by atoms with Gasteiger partial charge in [-0.25, -0.2) is 17.2 Å². The monoisotopic (exact) mass is 283 g/mol. The molecule has 0 heterocycles. The lowest BCUT2D eigenvalue weighted by molar-refractivity contribution is 0.424. The Kier molecular flexibility index (Phi) is 4.85. The van der Waals surface area contributed by atoms with Crippen LogP contribution in [-0.2, 0) is 16.6 Å². The lowest BCUT2D eigenvalue weighted by atomic mass is 10.2. The minimum Gasteiger partial charge on any atom is -0.211 e. The van der Waals surface area contributed by atoms with Crippen LogP contribution >= 0.6 is 11.6 Å². The summed E-state index contributed by atoms with van der Waals surface area (Å²) in [5, 5.41) is -0.537. The van der Waals surface area contributed by atoms with E-state index < -0.39 is 26.9 Å². The predicted octanol–water partition coefficient (Wildman–Crippen LogP) is 2.31. The van der Waals surface area contributed by atoms with Crippen LogP contribution in [0.25, 0.3) is 0 Å². The summed E-state index contributed by atoms with van der Waals surface area (Å²) in [6.45, 7) is 1.83. The molecule has 0 atom stereocenters. The van der Waals surface area contributed by atoms with E-state index in [0.29, 0.717) is 5.56 Å². The molecule has 0 unspecified atom stereocenters. The molecule has 1 rings (SSSR count). The van der Waals surface area contributed by atoms with E-state index in [2.05, 4.69) is 0 Å². The Balaban J connectivity index is 2.92. The van der Waals surface area contributed by atoms with Crippen LogP contribution in [0.4, 0.5) is 8.78 Å². The van der Waals surface area contributed by atoms with Crippen molar-refractivity contribution in [1.82, 2.24) is 4.31 Å². The van der Waals surface area contributed by atoms with E-state index in [0.717, 1.165) is 16.4 Å². The zero-order valence-electron chi connectivity index (χ0n) is 9.16. The summed E-state index contributed by atoms with van der Waals surface area (Å²) >= 11 is 5.33. The normalized spacial score (nSPS) is 12.1. The van der Waals surface area contributed by atoms with Crippen molar-refractivity contribution in [2.75, 3.05) is 11.8 Å². The van der Waals surface area contributed by atoms with Crippen molar-refractivity contribution in [1.29, 1.82) is 0 Å². The van der Waals surface area contributed by atoms with Gasteiger partial charge < -0.3 is 0 Å². The van der Waals surface area contributed by atoms with Crippen molar-refractivity contribution in [3.05, 3.63) is 35.4 Å². The fourth-order valence-electron chi connectivity index (χ4n) is 1.32. The molecule has 1 aromatic carbocycles. The van der Waals surface area contributed by atoms with Crippen LogP contribution in [0.3, 0.4) is 0 Å². The van der Waals surface area contributed by atoms with E-state index in [1.54, 1.807) is 6.92 Å². The third kappa shape index (κ3) is 3.62. The van der Waals surface area contributed by atoms with Crippen LogP contribution in [0.15, 0.2) is 18.2 Å². The Morgan fingerprint density at radius 3 is 2.41 bits per heavy atom. The molecule has 0 amide bonds. The van der Waals surface area contributed by atoms with Crippen molar-refractivity contribution in [2.24, 2.45) is 0 Å². The first-order chi connectivity index (χ1) is 7.90. The summed E-state index contributed by atoms with van der Waals surface area (Å²) in [7, 11) is -3.55. The number of hydrogen-bond acceptors (Lipinski definition) is 2. The highest BCUT2D eigenvalue weighted by molar-refractivity contribution is 7.90. The quantitative estimate of drug-likeness (QED) is 0.778. The number of rotatable bonds is 5. The average molecular weight is 284 g/mol. The van der Waals surface area contributed by atoms with Crippen LogP contribution in [0.1, 0.15) is 12.5 Å². The number of alkyl halides is 1. The standard InChI is InChI=1S/C10H12ClF2NO2S/c1-2-14(17(15,16)7-11)6-8-3-4-9(12)10(13)5-8/h3-5H,2,6-7H2,1H3. The van der Waals surface area contributed by atoms with Crippen LogP contribution in [0.5, 0.6) is 0 Å². The van der Waals surface area contributed by atoms with Gasteiger partial charge >= 0.3 is 0 Å². The fraction of sp³-hybridized carbons (Fsp3) is 0.400. The molecule has 96 valence electrons. The molecule has 0 fully saturated rings. The summed E-state index contributed by atoms with van der Waals surface area (Å²) in [5.41, 5.74) is 0.374. The smallest absolute Gasteiger partial charge is 0.211 e. The van der Waals surface area contributed by atoms with Gasteiger partial charge in [-0.05, 0) is 17.7 Å². The molecule has 0 aliphatic carbocycles. The summed E-state index contributed by atoms with van der Waals surface area (Å²) in [6.07, 6.45) is 0. The number of benzene rings is 1. The van der Waals surface area contributed by atoms with Crippen molar-refractivity contribution in [3.8, 4) is 0 Å². The Morgan fingerprint density at radius 2 is 1.94 bits per heavy atom. The predicted molar refractivity (Wildman–Crippen MR) is 62.1 cm³/mol. The molecule has 0 N–H and O–H groups in total. The Morgan fingerprint density at radius 1 is 1.29 bits per heavy atom. The molecule has 0 aliphatic heterocycles. The molecule has 0 aromatic heterocycles. The topological polar surface area (TPSA) is 37.4 Å². The van der Waals surface area contributed by atoms with E-state index >= 15 is 0 Å². The molecule has 0 saturated carbocycles. The minimum atomic E-state index is -3.55. The molecule has 0 bridgehead atoms. The number of hydrogen-bond donors (Lipinski definition) is 0. The van der Waals surface area contributed by atoms with Gasteiger partial charge in [-0.15, -0.1) is 11.6 Å². The van der Waals surface area contributed by atoms with Gasteiger partial charge in [0.15, 0.2) is 11.6 Å². The Bertz CT molecular complexity index is 493. The summed E-state index contributed by atoms with van der Waals surface area (Å²) in [5.74, 6) is -1.96. The molecule has 0 saturated heterocycles. The highest BCUT2D eigenvalue weighted by Gasteiger charge is 2.19. The number of sulfonamides is 1. The fourth-order valence-corrected chi connectivity index (χ4v) is 2.61. The van der Waals surface area contributed by atoms with Gasteiger partial charge in [0, 0.05) is 13.1 Å². The number of nitrogens with zero attached hydrogens (tertiary/aromatic N) is 1. The van der Waals surface area contributed by atoms with Crippen LogP contribution < -0.4 is 0 Å². The van der Waals surface area contributed by atoms with Gasteiger partial charge in [-0.1, -0.05) is 13.0 Å². The molecular weight excluding hydrogens is 272 g/mol. The largest absolute Gasteiger partial charge is 0.228 e. The zero-order chi connectivity index (χ0) is 13.1. The maximum absolute atomic E-state index is 12.9. The lowest BCUT2D eigenvalue weighted by Gasteiger charge is -2.18. The van der Waals surface area contributed by atoms with Crippen LogP contribution in [0, 0.1) is 11.6 Å². The second-order valence-electron chi connectivity index (χ2n) is 3.40. The summed E-state index contributed by atoms with van der Waals surface area (Å²) in [4.78, 5) is 0. The van der Waals surface area contributed by atoms with Crippen molar-refractivity contribution in [3.63, 3.8) is 0 Å². The highest BCUT2D eigenvalue weighted by Crippen LogP contribution is 2.13. The van der Waals surface area contributed by atoms with E-state index in [1.165, 1.54) is 6.07 Å². The average Bonchev–Trinajstić information content (AvgIpc) is 2.30. The zero-order valence-corrected chi connectivity index (χ0v) is 10.7. The third-order valence-electron chi connectivity index (χ3n) is 2.23. The molecule has 3 nitrogen and oxygen atoms in total. The van der Waals surface area contributed by atoms with Gasteiger partial charge in [0.25, 0.3) is 0 Å². The van der Waals surface area contributed by atoms with Crippen molar-refractivity contribution >= 4 is 21.6 Å². The molecule has 7 heteroatoms. The summed E-state index contributed by atoms with van der Waals surface area (Å²) < 4.78 is 49.8. The Labute approximate surface area is 104 Å². The van der Waals surface area contributed by atoms with Crippen molar-refractivity contribution in [2.45, 2.75) is 13.5 Å². The number of halogens is 3. The van der Waals surface area contributed by atoms with E-state index in [9.17, 15) is 17.2 Å². The SMILES string of the molecule is CCN(Cc1ccc(F)c(F)c1)S(=O)(=O)CCl.